The molecule has 1 saturated heterocycles. The number of amides is 1. The molecule has 1 amide bonds. The Balaban J connectivity index is 1.72. The van der Waals surface area contributed by atoms with Gasteiger partial charge in [-0.3, -0.25) is 14.5 Å². The smallest absolute Gasteiger partial charge is 0.215 e. The largest absolute Gasteiger partial charge is 0.375 e. The van der Waals surface area contributed by atoms with Gasteiger partial charge in [0.2, 0.25) is 12.0 Å². The monoisotopic (exact) mass is 457 g/mol. The molecular weight excluding hydrogens is 433 g/mol. The maximum Gasteiger partial charge on any atom is 0.215 e. The minimum Gasteiger partial charge on any atom is -0.375 e. The molecule has 1 aliphatic heterocycles. The van der Waals surface area contributed by atoms with Gasteiger partial charge >= 0.3 is 0 Å². The second-order valence-electron chi connectivity index (χ2n) is 7.65. The lowest BCUT2D eigenvalue weighted by atomic mass is 10.1. The summed E-state index contributed by atoms with van der Waals surface area (Å²) in [6.07, 6.45) is 3.14. The number of hydrogen-bond acceptors (Lipinski definition) is 7. The summed E-state index contributed by atoms with van der Waals surface area (Å²) >= 11 is 1.59. The zero-order chi connectivity index (χ0) is 22.7. The van der Waals surface area contributed by atoms with E-state index >= 15 is 4.39 Å². The van der Waals surface area contributed by atoms with Gasteiger partial charge in [0.15, 0.2) is 17.9 Å². The lowest BCUT2D eigenvalue weighted by Crippen LogP contribution is -2.42. The van der Waals surface area contributed by atoms with Gasteiger partial charge in [0.25, 0.3) is 0 Å². The van der Waals surface area contributed by atoms with Crippen molar-refractivity contribution in [1.29, 1.82) is 0 Å². The highest BCUT2D eigenvalue weighted by molar-refractivity contribution is 7.98. The number of aromatic nitrogens is 1. The highest BCUT2D eigenvalue weighted by Gasteiger charge is 2.28. The van der Waals surface area contributed by atoms with Crippen LogP contribution < -0.4 is 9.80 Å². The number of aldehydes is 1. The van der Waals surface area contributed by atoms with Gasteiger partial charge in [0, 0.05) is 30.4 Å². The van der Waals surface area contributed by atoms with Gasteiger partial charge in [-0.15, -0.1) is 0 Å². The topological polar surface area (TPSA) is 75.9 Å². The van der Waals surface area contributed by atoms with Crippen molar-refractivity contribution in [3.05, 3.63) is 53.3 Å². The Morgan fingerprint density at radius 2 is 2.12 bits per heavy atom. The average Bonchev–Trinajstić information content (AvgIpc) is 3.24. The van der Waals surface area contributed by atoms with Crippen molar-refractivity contribution in [1.82, 2.24) is 5.16 Å². The minimum atomic E-state index is -0.659. The molecule has 4 rings (SSSR count). The fraction of sp³-hybridized carbons (Fsp3) is 0.348. The molecule has 1 fully saturated rings. The molecule has 0 N–H and O–H groups in total. The SMILES string of the molecule is CSC(CN(C=O)c1noc2c(F)c(N3CCOC(C)C3)c(C=O)cc12)c1ccccc1. The highest BCUT2D eigenvalue weighted by atomic mass is 32.2. The van der Waals surface area contributed by atoms with Gasteiger partial charge in [0.05, 0.1) is 23.8 Å². The summed E-state index contributed by atoms with van der Waals surface area (Å²) in [6.45, 7) is 3.56. The number of fused-ring (bicyclic) bond motifs is 1. The lowest BCUT2D eigenvalue weighted by Gasteiger charge is -2.33. The molecule has 1 aromatic heterocycles. The fourth-order valence-electron chi connectivity index (χ4n) is 4.02. The maximum atomic E-state index is 15.5. The molecule has 0 saturated carbocycles. The molecular formula is C23H24FN3O4S. The second-order valence-corrected chi connectivity index (χ2v) is 8.69. The van der Waals surface area contributed by atoms with Crippen LogP contribution in [0.2, 0.25) is 0 Å². The molecule has 9 heteroatoms. The van der Waals surface area contributed by atoms with E-state index in [0.717, 1.165) is 5.56 Å². The summed E-state index contributed by atoms with van der Waals surface area (Å²) in [5, 5.41) is 4.27. The number of halogens is 1. The third kappa shape index (κ3) is 4.22. The van der Waals surface area contributed by atoms with Gasteiger partial charge in [-0.1, -0.05) is 35.5 Å². The number of rotatable bonds is 8. The zero-order valence-corrected chi connectivity index (χ0v) is 18.7. The summed E-state index contributed by atoms with van der Waals surface area (Å²) in [5.74, 6) is -0.471. The summed E-state index contributed by atoms with van der Waals surface area (Å²) in [6, 6.07) is 11.3. The Morgan fingerprint density at radius 1 is 1.34 bits per heavy atom. The maximum absolute atomic E-state index is 15.5. The van der Waals surface area contributed by atoms with Crippen LogP contribution in [0, 0.1) is 5.82 Å². The molecule has 7 nitrogen and oxygen atoms in total. The van der Waals surface area contributed by atoms with Crippen LogP contribution in [0.25, 0.3) is 11.0 Å². The summed E-state index contributed by atoms with van der Waals surface area (Å²) in [7, 11) is 0. The number of hydrogen-bond donors (Lipinski definition) is 0. The lowest BCUT2D eigenvalue weighted by molar-refractivity contribution is -0.107. The first-order valence-corrected chi connectivity index (χ1v) is 11.6. The van der Waals surface area contributed by atoms with E-state index < -0.39 is 5.82 Å². The van der Waals surface area contributed by atoms with Crippen LogP contribution in [0.5, 0.6) is 0 Å². The first kappa shape index (κ1) is 22.3. The molecule has 3 aromatic rings. The van der Waals surface area contributed by atoms with Crippen LogP contribution in [-0.4, -0.2) is 56.5 Å². The average molecular weight is 458 g/mol. The fourth-order valence-corrected chi connectivity index (χ4v) is 4.76. The molecule has 0 aliphatic carbocycles. The van der Waals surface area contributed by atoms with Crippen molar-refractivity contribution in [3.63, 3.8) is 0 Å². The van der Waals surface area contributed by atoms with Crippen molar-refractivity contribution in [2.24, 2.45) is 0 Å². The van der Waals surface area contributed by atoms with Gasteiger partial charge in [0.1, 0.15) is 0 Å². The van der Waals surface area contributed by atoms with Crippen molar-refractivity contribution in [3.8, 4) is 0 Å². The van der Waals surface area contributed by atoms with Gasteiger partial charge in [-0.05, 0) is 24.8 Å². The van der Waals surface area contributed by atoms with Crippen LogP contribution in [0.4, 0.5) is 15.9 Å². The van der Waals surface area contributed by atoms with E-state index in [4.69, 9.17) is 9.26 Å². The van der Waals surface area contributed by atoms with Crippen LogP contribution in [0.3, 0.4) is 0 Å². The summed E-state index contributed by atoms with van der Waals surface area (Å²) in [5.41, 5.74) is 1.34. The first-order chi connectivity index (χ1) is 15.6. The third-order valence-corrected chi connectivity index (χ3v) is 6.58. The predicted molar refractivity (Wildman–Crippen MR) is 123 cm³/mol. The van der Waals surface area contributed by atoms with Crippen LogP contribution in [0.15, 0.2) is 40.9 Å². The molecule has 1 aliphatic rings. The molecule has 2 unspecified atom stereocenters. The number of morpholine rings is 1. The van der Waals surface area contributed by atoms with E-state index in [-0.39, 0.29) is 39.4 Å². The Kier molecular flexibility index (Phi) is 6.76. The number of anilines is 2. The van der Waals surface area contributed by atoms with E-state index in [1.54, 1.807) is 22.7 Å². The van der Waals surface area contributed by atoms with E-state index in [9.17, 15) is 9.59 Å². The second kappa shape index (κ2) is 9.70. The minimum absolute atomic E-state index is 0.0161. The van der Waals surface area contributed by atoms with Crippen molar-refractivity contribution < 1.29 is 23.2 Å². The highest BCUT2D eigenvalue weighted by Crippen LogP contribution is 2.37. The molecule has 32 heavy (non-hydrogen) atoms. The molecule has 0 spiro atoms. The number of ether oxygens (including phenoxy) is 1. The molecule has 168 valence electrons. The molecule has 2 atom stereocenters. The number of nitrogens with zero attached hydrogens (tertiary/aromatic N) is 3. The summed E-state index contributed by atoms with van der Waals surface area (Å²) in [4.78, 5) is 27.0. The molecule has 0 bridgehead atoms. The van der Waals surface area contributed by atoms with Crippen molar-refractivity contribution >= 4 is 46.9 Å². The normalized spacial score (nSPS) is 17.3. The van der Waals surface area contributed by atoms with Crippen LogP contribution in [0.1, 0.15) is 28.1 Å². The number of benzene rings is 2. The Morgan fingerprint density at radius 3 is 2.78 bits per heavy atom. The predicted octanol–water partition coefficient (Wildman–Crippen LogP) is 4.07. The third-order valence-electron chi connectivity index (χ3n) is 5.59. The first-order valence-electron chi connectivity index (χ1n) is 10.3. The summed E-state index contributed by atoms with van der Waals surface area (Å²) < 4.78 is 26.4. The zero-order valence-electron chi connectivity index (χ0n) is 17.9. The van der Waals surface area contributed by atoms with Crippen LogP contribution in [-0.2, 0) is 9.53 Å². The Labute approximate surface area is 189 Å². The standard InChI is InChI=1S/C23H24FN3O4S/c1-15-11-26(8-9-30-15)21-17(13-28)10-18-22(20(21)24)31-25-23(18)27(14-29)12-19(32-2)16-6-4-3-5-7-16/h3-7,10,13-15,19H,8-9,11-12H2,1-2H3. The quantitative estimate of drug-likeness (QED) is 0.472. The number of thioether (sulfide) groups is 1. The van der Waals surface area contributed by atoms with E-state index in [0.29, 0.717) is 38.9 Å². The van der Waals surface area contributed by atoms with Gasteiger partial charge in [-0.2, -0.15) is 11.8 Å². The molecule has 2 heterocycles. The van der Waals surface area contributed by atoms with E-state index in [1.165, 1.54) is 4.90 Å². The number of carbonyl (C=O) groups is 2. The van der Waals surface area contributed by atoms with Gasteiger partial charge in [-0.25, -0.2) is 4.39 Å². The van der Waals surface area contributed by atoms with Crippen molar-refractivity contribution in [2.75, 3.05) is 42.3 Å². The van der Waals surface area contributed by atoms with E-state index in [2.05, 4.69) is 5.16 Å². The Hall–Kier alpha value is -2.91. The van der Waals surface area contributed by atoms with E-state index in [1.807, 2.05) is 43.5 Å². The van der Waals surface area contributed by atoms with Crippen LogP contribution >= 0.6 is 11.8 Å². The van der Waals surface area contributed by atoms with Gasteiger partial charge < -0.3 is 14.2 Å². The Bertz CT molecular complexity index is 1110. The molecule has 0 radical (unpaired) electrons. The number of carbonyl (C=O) groups excluding carboxylic acids is 2. The van der Waals surface area contributed by atoms with Crippen molar-refractivity contribution in [2.45, 2.75) is 18.3 Å². The molecule has 2 aromatic carbocycles.